The van der Waals surface area contributed by atoms with Gasteiger partial charge in [-0.2, -0.15) is 0 Å². The highest BCUT2D eigenvalue weighted by molar-refractivity contribution is 5.84. The fourth-order valence-corrected chi connectivity index (χ4v) is 1.18. The molecule has 66 valence electrons. The largest absolute Gasteiger partial charge is 0.354 e. The summed E-state index contributed by atoms with van der Waals surface area (Å²) in [6, 6.07) is 1.31. The summed E-state index contributed by atoms with van der Waals surface area (Å²) in [6.07, 6.45) is 2.58. The highest BCUT2D eigenvalue weighted by Crippen LogP contribution is 2.19. The molecular weight excluding hydrogens is 174 g/mol. The lowest BCUT2D eigenvalue weighted by Gasteiger charge is -1.87. The van der Waals surface area contributed by atoms with Crippen molar-refractivity contribution in [2.75, 3.05) is 0 Å². The zero-order valence-corrected chi connectivity index (χ0v) is 6.40. The van der Waals surface area contributed by atoms with Crippen LogP contribution in [-0.4, -0.2) is 14.9 Å². The van der Waals surface area contributed by atoms with E-state index in [2.05, 4.69) is 9.97 Å². The number of aromatic amines is 2. The van der Waals surface area contributed by atoms with E-state index in [0.29, 0.717) is 0 Å². The van der Waals surface area contributed by atoms with Gasteiger partial charge in [0, 0.05) is 12.3 Å². The minimum Gasteiger partial charge on any atom is -0.354 e. The van der Waals surface area contributed by atoms with Gasteiger partial charge in [-0.25, -0.2) is 0 Å². The van der Waals surface area contributed by atoms with Crippen molar-refractivity contribution >= 4 is 16.7 Å². The van der Waals surface area contributed by atoms with Crippen LogP contribution in [0, 0.1) is 10.1 Å². The minimum absolute atomic E-state index is 0.118. The zero-order valence-electron chi connectivity index (χ0n) is 6.40. The Morgan fingerprint density at radius 3 is 2.77 bits per heavy atom. The van der Waals surface area contributed by atoms with Crippen LogP contribution < -0.4 is 5.43 Å². The summed E-state index contributed by atoms with van der Waals surface area (Å²) in [5.41, 5.74) is 0.0845. The molecule has 6 heteroatoms. The van der Waals surface area contributed by atoms with E-state index in [1.54, 1.807) is 0 Å². The predicted molar refractivity (Wildman–Crippen MR) is 45.6 cm³/mol. The van der Waals surface area contributed by atoms with Crippen LogP contribution in [0.3, 0.4) is 0 Å². The number of nitrogens with zero attached hydrogens (tertiary/aromatic N) is 1. The van der Waals surface area contributed by atoms with Crippen LogP contribution >= 0.6 is 0 Å². The third-order valence-electron chi connectivity index (χ3n) is 1.76. The van der Waals surface area contributed by atoms with E-state index in [4.69, 9.17) is 0 Å². The first kappa shape index (κ1) is 7.53. The lowest BCUT2D eigenvalue weighted by atomic mass is 10.3. The fraction of sp³-hybridized carbons (Fsp3) is 0. The fourth-order valence-electron chi connectivity index (χ4n) is 1.18. The monoisotopic (exact) mass is 179 g/mol. The van der Waals surface area contributed by atoms with Gasteiger partial charge >= 0.3 is 5.69 Å². The Labute approximate surface area is 71.4 Å². The molecule has 2 heterocycles. The van der Waals surface area contributed by atoms with Crippen molar-refractivity contribution in [1.29, 1.82) is 0 Å². The number of rotatable bonds is 1. The number of pyridine rings is 1. The standard InChI is InChI=1S/C7H5N3O3/c11-5-1-2-8-6-4(10(12)13)3-9-7(5)6/h1-3,9H,(H,8,11). The van der Waals surface area contributed by atoms with Gasteiger partial charge in [-0.1, -0.05) is 0 Å². The Morgan fingerprint density at radius 2 is 2.08 bits per heavy atom. The smallest absolute Gasteiger partial charge is 0.310 e. The Bertz CT molecular complexity index is 525. The van der Waals surface area contributed by atoms with Crippen molar-refractivity contribution in [3.63, 3.8) is 0 Å². The number of aromatic nitrogens is 2. The van der Waals surface area contributed by atoms with Gasteiger partial charge in [0.1, 0.15) is 11.0 Å². The van der Waals surface area contributed by atoms with Gasteiger partial charge in [0.2, 0.25) is 5.43 Å². The minimum atomic E-state index is -0.547. The lowest BCUT2D eigenvalue weighted by molar-refractivity contribution is -0.383. The summed E-state index contributed by atoms with van der Waals surface area (Å²) in [5.74, 6) is 0. The molecule has 0 aliphatic carbocycles. The number of hydrogen-bond donors (Lipinski definition) is 2. The topological polar surface area (TPSA) is 91.8 Å². The van der Waals surface area contributed by atoms with Crippen molar-refractivity contribution in [2.45, 2.75) is 0 Å². The number of hydrogen-bond acceptors (Lipinski definition) is 3. The molecule has 0 fully saturated rings. The van der Waals surface area contributed by atoms with Gasteiger partial charge < -0.3 is 9.97 Å². The van der Waals surface area contributed by atoms with Crippen LogP contribution in [0.4, 0.5) is 5.69 Å². The van der Waals surface area contributed by atoms with Gasteiger partial charge in [0.05, 0.1) is 11.1 Å². The van der Waals surface area contributed by atoms with E-state index in [1.807, 2.05) is 0 Å². The lowest BCUT2D eigenvalue weighted by Crippen LogP contribution is -1.99. The molecule has 0 aliphatic heterocycles. The van der Waals surface area contributed by atoms with Crippen molar-refractivity contribution in [2.24, 2.45) is 0 Å². The number of nitrogens with one attached hydrogen (secondary N) is 2. The Kier molecular flexibility index (Phi) is 1.42. The quantitative estimate of drug-likeness (QED) is 0.500. The average molecular weight is 179 g/mol. The molecule has 0 spiro atoms. The summed E-state index contributed by atoms with van der Waals surface area (Å²) in [5, 5.41) is 10.5. The van der Waals surface area contributed by atoms with Crippen LogP contribution in [0.5, 0.6) is 0 Å². The molecule has 0 aromatic carbocycles. The first-order valence-corrected chi connectivity index (χ1v) is 3.53. The molecule has 6 nitrogen and oxygen atoms in total. The average Bonchev–Trinajstić information content (AvgIpc) is 2.48. The number of H-pyrrole nitrogens is 2. The SMILES string of the molecule is O=c1cc[nH]c2c([N+](=O)[O-])c[nH]c12. The summed E-state index contributed by atoms with van der Waals surface area (Å²) < 4.78 is 0. The summed E-state index contributed by atoms with van der Waals surface area (Å²) in [4.78, 5) is 26.2. The third-order valence-corrected chi connectivity index (χ3v) is 1.76. The molecule has 0 atom stereocenters. The molecule has 0 aliphatic rings. The van der Waals surface area contributed by atoms with Crippen molar-refractivity contribution in [3.05, 3.63) is 38.8 Å². The highest BCUT2D eigenvalue weighted by Gasteiger charge is 2.14. The molecule has 2 rings (SSSR count). The van der Waals surface area contributed by atoms with Gasteiger partial charge in [0.25, 0.3) is 0 Å². The maximum absolute atomic E-state index is 11.1. The molecule has 0 unspecified atom stereocenters. The maximum atomic E-state index is 11.1. The van der Waals surface area contributed by atoms with Crippen molar-refractivity contribution in [1.82, 2.24) is 9.97 Å². The van der Waals surface area contributed by atoms with Crippen LogP contribution in [0.1, 0.15) is 0 Å². The Hall–Kier alpha value is -2.11. The van der Waals surface area contributed by atoms with Gasteiger partial charge in [-0.05, 0) is 0 Å². The molecule has 0 saturated carbocycles. The Balaban J connectivity index is 2.91. The molecule has 0 saturated heterocycles. The molecular formula is C7H5N3O3. The van der Waals surface area contributed by atoms with Gasteiger partial charge in [-0.3, -0.25) is 14.9 Å². The molecule has 13 heavy (non-hydrogen) atoms. The maximum Gasteiger partial charge on any atom is 0.310 e. The molecule has 0 amide bonds. The Morgan fingerprint density at radius 1 is 1.31 bits per heavy atom. The molecule has 0 radical (unpaired) electrons. The van der Waals surface area contributed by atoms with E-state index < -0.39 is 4.92 Å². The van der Waals surface area contributed by atoms with Crippen LogP contribution in [0.25, 0.3) is 11.0 Å². The van der Waals surface area contributed by atoms with Crippen molar-refractivity contribution in [3.8, 4) is 0 Å². The normalized spacial score (nSPS) is 10.5. The van der Waals surface area contributed by atoms with Crippen LogP contribution in [-0.2, 0) is 0 Å². The number of fused-ring (bicyclic) bond motifs is 1. The first-order chi connectivity index (χ1) is 6.20. The van der Waals surface area contributed by atoms with E-state index in [1.165, 1.54) is 18.5 Å². The second-order valence-electron chi connectivity index (χ2n) is 2.52. The molecule has 2 aromatic heterocycles. The van der Waals surface area contributed by atoms with E-state index in [0.717, 1.165) is 0 Å². The summed E-state index contributed by atoms with van der Waals surface area (Å²) in [6.45, 7) is 0. The highest BCUT2D eigenvalue weighted by atomic mass is 16.6. The van der Waals surface area contributed by atoms with Gasteiger partial charge in [-0.15, -0.1) is 0 Å². The molecule has 0 bridgehead atoms. The van der Waals surface area contributed by atoms with Crippen molar-refractivity contribution < 1.29 is 4.92 Å². The number of nitro groups is 1. The second-order valence-corrected chi connectivity index (χ2v) is 2.52. The predicted octanol–water partition coefficient (Wildman–Crippen LogP) is 0.764. The van der Waals surface area contributed by atoms with Crippen LogP contribution in [0.15, 0.2) is 23.3 Å². The first-order valence-electron chi connectivity index (χ1n) is 3.53. The van der Waals surface area contributed by atoms with Crippen LogP contribution in [0.2, 0.25) is 0 Å². The zero-order chi connectivity index (χ0) is 9.42. The van der Waals surface area contributed by atoms with E-state index >= 15 is 0 Å². The molecule has 2 aromatic rings. The summed E-state index contributed by atoms with van der Waals surface area (Å²) >= 11 is 0. The van der Waals surface area contributed by atoms with E-state index in [-0.39, 0.29) is 22.1 Å². The van der Waals surface area contributed by atoms with E-state index in [9.17, 15) is 14.9 Å². The summed E-state index contributed by atoms with van der Waals surface area (Å²) in [7, 11) is 0. The third kappa shape index (κ3) is 0.994. The molecule has 2 N–H and O–H groups in total. The van der Waals surface area contributed by atoms with Gasteiger partial charge in [0.15, 0.2) is 0 Å². The second kappa shape index (κ2) is 2.44.